The van der Waals surface area contributed by atoms with Crippen LogP contribution in [0.4, 0.5) is 4.39 Å². The maximum absolute atomic E-state index is 11.9. The molecule has 1 N–H and O–H groups in total. The molecule has 0 radical (unpaired) electrons. The van der Waals surface area contributed by atoms with E-state index in [4.69, 9.17) is 0 Å². The third-order valence-corrected chi connectivity index (χ3v) is 2.96. The highest BCUT2D eigenvalue weighted by Crippen LogP contribution is 2.39. The van der Waals surface area contributed by atoms with Crippen LogP contribution in [0.3, 0.4) is 0 Å². The van der Waals surface area contributed by atoms with E-state index in [1.54, 1.807) is 0 Å². The molecule has 2 aliphatic heterocycles. The van der Waals surface area contributed by atoms with Crippen molar-refractivity contribution in [2.45, 2.75) is 12.5 Å². The Labute approximate surface area is 66.0 Å². The van der Waals surface area contributed by atoms with Crippen LogP contribution in [0.15, 0.2) is 0 Å². The van der Waals surface area contributed by atoms with E-state index in [1.807, 2.05) is 0 Å². The summed E-state index contributed by atoms with van der Waals surface area (Å²) in [5.74, 6) is 0.889. The fourth-order valence-electron chi connectivity index (χ4n) is 2.26. The summed E-state index contributed by atoms with van der Waals surface area (Å²) >= 11 is 0. The van der Waals surface area contributed by atoms with Crippen molar-refractivity contribution >= 4 is 0 Å². The molecule has 0 spiro atoms. The molecule has 3 fully saturated rings. The fraction of sp³-hybridized carbons (Fsp3) is 1.00. The molecule has 2 saturated heterocycles. The number of fused-ring (bicyclic) bond motifs is 2. The van der Waals surface area contributed by atoms with Gasteiger partial charge in [0, 0.05) is 19.6 Å². The van der Waals surface area contributed by atoms with Gasteiger partial charge in [-0.05, 0) is 18.3 Å². The van der Waals surface area contributed by atoms with Crippen LogP contribution < -0.4 is 0 Å². The van der Waals surface area contributed by atoms with Crippen LogP contribution in [-0.2, 0) is 0 Å². The van der Waals surface area contributed by atoms with Crippen molar-refractivity contribution in [3.63, 3.8) is 0 Å². The summed E-state index contributed by atoms with van der Waals surface area (Å²) in [6.45, 7) is 2.11. The molecule has 1 aliphatic carbocycles. The van der Waals surface area contributed by atoms with Crippen molar-refractivity contribution in [2.24, 2.45) is 11.8 Å². The summed E-state index contributed by atoms with van der Waals surface area (Å²) < 4.78 is 11.9. The second kappa shape index (κ2) is 2.72. The van der Waals surface area contributed by atoms with Crippen LogP contribution in [0.25, 0.3) is 0 Å². The van der Waals surface area contributed by atoms with E-state index in [9.17, 15) is 9.50 Å². The minimum absolute atomic E-state index is 0.0779. The lowest BCUT2D eigenvalue weighted by atomic mass is 9.68. The lowest BCUT2D eigenvalue weighted by molar-refractivity contribution is -0.108. The first kappa shape index (κ1) is 7.50. The van der Waals surface area contributed by atoms with Crippen LogP contribution in [0.1, 0.15) is 6.42 Å². The Morgan fingerprint density at radius 3 is 2.45 bits per heavy atom. The van der Waals surface area contributed by atoms with Crippen molar-refractivity contribution < 1.29 is 9.50 Å². The molecule has 3 heteroatoms. The Hall–Kier alpha value is -0.150. The average Bonchev–Trinajstić information content (AvgIpc) is 2.05. The first-order chi connectivity index (χ1) is 5.31. The molecule has 3 atom stereocenters. The van der Waals surface area contributed by atoms with Gasteiger partial charge in [0.1, 0.15) is 6.67 Å². The largest absolute Gasteiger partial charge is 0.392 e. The van der Waals surface area contributed by atoms with Crippen molar-refractivity contribution in [3.05, 3.63) is 0 Å². The second-order valence-electron chi connectivity index (χ2n) is 3.70. The van der Waals surface area contributed by atoms with Gasteiger partial charge in [-0.15, -0.1) is 0 Å². The minimum atomic E-state index is -0.254. The minimum Gasteiger partial charge on any atom is -0.392 e. The van der Waals surface area contributed by atoms with Gasteiger partial charge in [0.05, 0.1) is 6.10 Å². The van der Waals surface area contributed by atoms with Crippen molar-refractivity contribution in [1.82, 2.24) is 4.90 Å². The third kappa shape index (κ3) is 1.16. The fourth-order valence-corrected chi connectivity index (χ4v) is 2.26. The van der Waals surface area contributed by atoms with E-state index in [-0.39, 0.29) is 12.8 Å². The second-order valence-corrected chi connectivity index (χ2v) is 3.70. The molecular weight excluding hydrogens is 145 g/mol. The summed E-state index contributed by atoms with van der Waals surface area (Å²) in [5.41, 5.74) is 0. The highest BCUT2D eigenvalue weighted by atomic mass is 19.1. The number of rotatable bonds is 2. The normalized spacial score (nSPS) is 43.6. The third-order valence-electron chi connectivity index (χ3n) is 2.96. The van der Waals surface area contributed by atoms with Crippen LogP contribution in [0.5, 0.6) is 0 Å². The van der Waals surface area contributed by atoms with Crippen molar-refractivity contribution in [1.29, 1.82) is 0 Å². The number of nitrogens with zero attached hydrogens (tertiary/aromatic N) is 1. The molecule has 1 saturated carbocycles. The number of halogens is 1. The maximum Gasteiger partial charge on any atom is 0.102 e. The number of aliphatic hydroxyl groups excluding tert-OH is 1. The molecule has 11 heavy (non-hydrogen) atoms. The highest BCUT2D eigenvalue weighted by molar-refractivity contribution is 4.96. The Morgan fingerprint density at radius 2 is 2.00 bits per heavy atom. The van der Waals surface area contributed by atoms with Gasteiger partial charge >= 0.3 is 0 Å². The standard InChI is InChI=1S/C8H14FNO/c9-1-2-10-4-6-3-7(5-10)8(6)11/h6-8,11H,1-5H2/t6-,7+,8?. The predicted octanol–water partition coefficient (Wildman–Crippen LogP) is 0.269. The Morgan fingerprint density at radius 1 is 1.36 bits per heavy atom. The molecular formula is C8H14FNO. The smallest absolute Gasteiger partial charge is 0.102 e. The molecule has 0 aromatic heterocycles. The summed E-state index contributed by atoms with van der Waals surface area (Å²) in [7, 11) is 0. The van der Waals surface area contributed by atoms with Gasteiger partial charge in [0.25, 0.3) is 0 Å². The lowest BCUT2D eigenvalue weighted by Gasteiger charge is -2.51. The van der Waals surface area contributed by atoms with Crippen LogP contribution in [0, 0.1) is 11.8 Å². The SMILES string of the molecule is OC1[C@@H]2C[C@H]1CN(CCF)C2. The number of hydrogen-bond donors (Lipinski definition) is 1. The topological polar surface area (TPSA) is 23.5 Å². The molecule has 0 aromatic carbocycles. The van der Waals surface area contributed by atoms with Gasteiger partial charge in [-0.2, -0.15) is 0 Å². The van der Waals surface area contributed by atoms with Gasteiger partial charge in [0.15, 0.2) is 0 Å². The highest BCUT2D eigenvalue weighted by Gasteiger charge is 2.45. The average molecular weight is 159 g/mol. The summed E-state index contributed by atoms with van der Waals surface area (Å²) in [6, 6.07) is 0. The van der Waals surface area contributed by atoms with Gasteiger partial charge in [-0.1, -0.05) is 0 Å². The summed E-state index contributed by atoms with van der Waals surface area (Å²) in [5, 5.41) is 9.39. The van der Waals surface area contributed by atoms with Gasteiger partial charge in [-0.3, -0.25) is 4.90 Å². The molecule has 2 bridgehead atoms. The Kier molecular flexibility index (Phi) is 1.85. The van der Waals surface area contributed by atoms with Crippen molar-refractivity contribution in [2.75, 3.05) is 26.3 Å². The molecule has 2 heterocycles. The molecule has 3 rings (SSSR count). The Bertz CT molecular complexity index is 141. The van der Waals surface area contributed by atoms with Crippen LogP contribution >= 0.6 is 0 Å². The molecule has 0 amide bonds. The summed E-state index contributed by atoms with van der Waals surface area (Å²) in [4.78, 5) is 2.12. The zero-order valence-electron chi connectivity index (χ0n) is 6.54. The van der Waals surface area contributed by atoms with E-state index in [0.29, 0.717) is 18.4 Å². The predicted molar refractivity (Wildman–Crippen MR) is 40.0 cm³/mol. The van der Waals surface area contributed by atoms with Gasteiger partial charge in [-0.25, -0.2) is 4.39 Å². The summed E-state index contributed by atoms with van der Waals surface area (Å²) in [6.07, 6.45) is 1.08. The van der Waals surface area contributed by atoms with E-state index in [2.05, 4.69) is 4.90 Å². The van der Waals surface area contributed by atoms with E-state index < -0.39 is 0 Å². The molecule has 3 aliphatic rings. The molecule has 0 aromatic rings. The quantitative estimate of drug-likeness (QED) is 0.625. The van der Waals surface area contributed by atoms with E-state index >= 15 is 0 Å². The van der Waals surface area contributed by atoms with Crippen molar-refractivity contribution in [3.8, 4) is 0 Å². The zero-order chi connectivity index (χ0) is 7.84. The monoisotopic (exact) mass is 159 g/mol. The number of hydrogen-bond acceptors (Lipinski definition) is 2. The lowest BCUT2D eigenvalue weighted by Crippen LogP contribution is -2.58. The molecule has 1 unspecified atom stereocenters. The van der Waals surface area contributed by atoms with Gasteiger partial charge < -0.3 is 5.11 Å². The van der Waals surface area contributed by atoms with E-state index in [0.717, 1.165) is 19.5 Å². The number of alkyl halides is 1. The van der Waals surface area contributed by atoms with E-state index in [1.165, 1.54) is 0 Å². The first-order valence-corrected chi connectivity index (χ1v) is 4.27. The van der Waals surface area contributed by atoms with Crippen LogP contribution in [-0.4, -0.2) is 42.4 Å². The zero-order valence-corrected chi connectivity index (χ0v) is 6.54. The Balaban J connectivity index is 1.84. The first-order valence-electron chi connectivity index (χ1n) is 4.27. The maximum atomic E-state index is 11.9. The number of piperidine rings is 2. The van der Waals surface area contributed by atoms with Gasteiger partial charge in [0.2, 0.25) is 0 Å². The molecule has 2 nitrogen and oxygen atoms in total. The number of aliphatic hydroxyl groups is 1. The van der Waals surface area contributed by atoms with Crippen LogP contribution in [0.2, 0.25) is 0 Å². The molecule has 64 valence electrons.